The predicted molar refractivity (Wildman–Crippen MR) is 214 cm³/mol. The normalized spacial score (nSPS) is 10.6. The standard InChI is InChI=1S/C19H18N4O6S2.C7H8.C5H8N4.3C2H6/c1-11-17-12(2)19(22-20-3)16(31(25,26)27)10-13(17)9-15(30-29-28-24)18(11)23-21-14-7-5-4-6-8-14;1-7-5-3-2-4-6-7;1-4-7-3-8-5(6-2)9-4;3*1-2/h4-10,24H,1-3H3,(H,25,26,27);2-6H,1H3;3H,1-2H3,(H,6,7,8,9);3*1-2H3/i;;3T;;;. The summed E-state index contributed by atoms with van der Waals surface area (Å²) in [5, 5.41) is 32.3. The fraction of sp³-hybridized carbons (Fsp3) is 0.324. The van der Waals surface area contributed by atoms with Crippen LogP contribution in [-0.4, -0.2) is 47.3 Å². The van der Waals surface area contributed by atoms with E-state index in [9.17, 15) is 13.0 Å². The Morgan fingerprint density at radius 3 is 1.85 bits per heavy atom. The number of aryl methyl sites for hydroxylation is 4. The third-order valence-electron chi connectivity index (χ3n) is 6.24. The number of azo groups is 2. The lowest BCUT2D eigenvalue weighted by atomic mass is 9.98. The van der Waals surface area contributed by atoms with E-state index in [2.05, 4.69) is 69.2 Å². The highest BCUT2D eigenvalue weighted by Crippen LogP contribution is 2.44. The van der Waals surface area contributed by atoms with Gasteiger partial charge in [0.2, 0.25) is 5.95 Å². The van der Waals surface area contributed by atoms with Crippen LogP contribution >= 0.6 is 12.0 Å². The van der Waals surface area contributed by atoms with Gasteiger partial charge in [-0.05, 0) is 73.9 Å². The Bertz CT molecular complexity index is 1990. The molecule has 0 aliphatic heterocycles. The Balaban J connectivity index is 0.000000990. The number of aromatic nitrogens is 3. The molecule has 0 unspecified atom stereocenters. The molecule has 1 heterocycles. The van der Waals surface area contributed by atoms with E-state index < -0.39 is 10.1 Å². The van der Waals surface area contributed by atoms with Gasteiger partial charge in [0.05, 0.1) is 22.6 Å². The fourth-order valence-corrected chi connectivity index (χ4v) is 5.45. The Hall–Kier alpha value is -4.71. The number of benzene rings is 4. The molecule has 16 heteroatoms. The number of hydrogen-bond donors (Lipinski definition) is 3. The van der Waals surface area contributed by atoms with E-state index in [-0.39, 0.29) is 16.9 Å². The molecular formula is C37H52N8O6S2. The van der Waals surface area contributed by atoms with Crippen molar-refractivity contribution in [3.05, 3.63) is 102 Å². The van der Waals surface area contributed by atoms with E-state index in [0.717, 1.165) is 0 Å². The number of fused-ring (bicyclic) bond motifs is 1. The largest absolute Gasteiger partial charge is 0.357 e. The first-order chi connectivity index (χ1) is 25.9. The van der Waals surface area contributed by atoms with Crippen LogP contribution in [0.25, 0.3) is 10.8 Å². The van der Waals surface area contributed by atoms with Crippen molar-refractivity contribution in [3.8, 4) is 0 Å². The Morgan fingerprint density at radius 2 is 1.38 bits per heavy atom. The minimum atomic E-state index is -4.57. The van der Waals surface area contributed by atoms with Gasteiger partial charge in [0.1, 0.15) is 29.8 Å². The molecule has 53 heavy (non-hydrogen) atoms. The number of nitrogens with one attached hydrogen (secondary N) is 1. The third kappa shape index (κ3) is 16.2. The smallest absolute Gasteiger partial charge is 0.296 e. The van der Waals surface area contributed by atoms with Gasteiger partial charge in [-0.1, -0.05) is 101 Å². The molecule has 0 amide bonds. The van der Waals surface area contributed by atoms with Crippen LogP contribution in [0.3, 0.4) is 0 Å². The molecule has 0 saturated heterocycles. The van der Waals surface area contributed by atoms with Crippen molar-refractivity contribution in [1.29, 1.82) is 0 Å². The van der Waals surface area contributed by atoms with E-state index in [1.807, 2.05) is 77.9 Å². The summed E-state index contributed by atoms with van der Waals surface area (Å²) in [6.07, 6.45) is -0.00292. The number of nitrogens with zero attached hydrogens (tertiary/aromatic N) is 7. The SMILES string of the molecule is CC.CC.CC.CN=Nc1c(S(=O)(=O)O)cc2cc(SOOO)c(N=Nc3ccccc3)c(C)c2c1C.Cc1ccccc1.[3H]c1nc(C)nc(NC)n1. The molecular weight excluding hydrogens is 717 g/mol. The lowest BCUT2D eigenvalue weighted by Crippen LogP contribution is -2.01. The molecule has 1 aromatic heterocycles. The zero-order valence-electron chi connectivity index (χ0n) is 33.4. The van der Waals surface area contributed by atoms with E-state index in [1.165, 1.54) is 18.7 Å². The molecule has 288 valence electrons. The van der Waals surface area contributed by atoms with Crippen LogP contribution < -0.4 is 5.32 Å². The second-order valence-electron chi connectivity index (χ2n) is 9.54. The summed E-state index contributed by atoms with van der Waals surface area (Å²) in [5.41, 5.74) is 3.52. The zero-order chi connectivity index (χ0) is 41.3. The Kier molecular flexibility index (Phi) is 23.6. The van der Waals surface area contributed by atoms with Gasteiger partial charge in [-0.3, -0.25) is 4.55 Å². The molecule has 0 aliphatic rings. The number of anilines is 1. The third-order valence-corrected chi connectivity index (χ3v) is 7.73. The first kappa shape index (κ1) is 46.3. The van der Waals surface area contributed by atoms with Crippen LogP contribution in [0.4, 0.5) is 23.0 Å². The monoisotopic (exact) mass is 770 g/mol. The van der Waals surface area contributed by atoms with E-state index in [4.69, 9.17) is 6.63 Å². The summed E-state index contributed by atoms with van der Waals surface area (Å²) in [7, 11) is -1.47. The second-order valence-corrected chi connectivity index (χ2v) is 11.7. The van der Waals surface area contributed by atoms with E-state index >= 15 is 0 Å². The molecule has 4 aromatic carbocycles. The Labute approximate surface area is 319 Å². The lowest BCUT2D eigenvalue weighted by Gasteiger charge is -2.15. The van der Waals surface area contributed by atoms with Gasteiger partial charge < -0.3 is 5.32 Å². The molecule has 0 fully saturated rings. The highest BCUT2D eigenvalue weighted by Gasteiger charge is 2.23. The van der Waals surface area contributed by atoms with Crippen LogP contribution in [0, 0.1) is 27.7 Å². The van der Waals surface area contributed by atoms with Gasteiger partial charge >= 0.3 is 0 Å². The van der Waals surface area contributed by atoms with Crippen LogP contribution in [0.15, 0.2) is 109 Å². The lowest BCUT2D eigenvalue weighted by molar-refractivity contribution is -0.432. The molecule has 5 rings (SSSR count). The topological polar surface area (TPSA) is 193 Å². The number of hydrogen-bond acceptors (Lipinski definition) is 14. The molecule has 0 bridgehead atoms. The average Bonchev–Trinajstić information content (AvgIpc) is 3.17. The maximum Gasteiger partial charge on any atom is 0.296 e. The molecule has 0 radical (unpaired) electrons. The molecule has 14 nitrogen and oxygen atoms in total. The Morgan fingerprint density at radius 1 is 0.811 bits per heavy atom. The predicted octanol–water partition coefficient (Wildman–Crippen LogP) is 11.6. The van der Waals surface area contributed by atoms with Crippen LogP contribution in [0.2, 0.25) is 0 Å². The van der Waals surface area contributed by atoms with Crippen molar-refractivity contribution in [3.63, 3.8) is 0 Å². The van der Waals surface area contributed by atoms with Gasteiger partial charge in [-0.15, -0.1) is 9.45 Å². The minimum absolute atomic E-state index is 0.00292. The van der Waals surface area contributed by atoms with Gasteiger partial charge in [0.15, 0.2) is 0 Å². The fourth-order valence-electron chi connectivity index (χ4n) is 4.18. The minimum Gasteiger partial charge on any atom is -0.357 e. The zero-order valence-corrected chi connectivity index (χ0v) is 34.0. The highest BCUT2D eigenvalue weighted by molar-refractivity contribution is 7.94. The van der Waals surface area contributed by atoms with Gasteiger partial charge in [-0.2, -0.15) is 28.7 Å². The summed E-state index contributed by atoms with van der Waals surface area (Å²) >= 11 is 0.665. The van der Waals surface area contributed by atoms with Crippen LogP contribution in [-0.2, 0) is 19.5 Å². The maximum atomic E-state index is 11.9. The first-order valence-electron chi connectivity index (χ1n) is 17.3. The van der Waals surface area contributed by atoms with Crippen molar-refractivity contribution in [1.82, 2.24) is 15.0 Å². The average molecular weight is 771 g/mol. The molecule has 0 saturated carbocycles. The molecule has 5 aromatic rings. The summed E-state index contributed by atoms with van der Waals surface area (Å²) < 4.78 is 45.2. The molecule has 3 N–H and O–H groups in total. The molecule has 0 atom stereocenters. The van der Waals surface area contributed by atoms with E-state index in [1.54, 1.807) is 46.0 Å². The first-order valence-corrected chi connectivity index (χ1v) is 19.0. The summed E-state index contributed by atoms with van der Waals surface area (Å²) in [5.74, 6) is 1.00. The van der Waals surface area contributed by atoms with Crippen molar-refractivity contribution in [2.45, 2.75) is 79.0 Å². The highest BCUT2D eigenvalue weighted by atomic mass is 32.2. The van der Waals surface area contributed by atoms with Gasteiger partial charge in [0, 0.05) is 14.1 Å². The maximum absolute atomic E-state index is 11.9. The second kappa shape index (κ2) is 27.0. The summed E-state index contributed by atoms with van der Waals surface area (Å²) in [6.45, 7) is 19.3. The van der Waals surface area contributed by atoms with Crippen LogP contribution in [0.1, 0.15) is 65.4 Å². The summed E-state index contributed by atoms with van der Waals surface area (Å²) in [4.78, 5) is 11.3. The molecule has 0 aliphatic carbocycles. The van der Waals surface area contributed by atoms with Gasteiger partial charge in [0.25, 0.3) is 10.1 Å². The van der Waals surface area contributed by atoms with Crippen molar-refractivity contribution in [2.24, 2.45) is 20.5 Å². The quantitative estimate of drug-likeness (QED) is 0.0447. The summed E-state index contributed by atoms with van der Waals surface area (Å²) in [6, 6.07) is 22.2. The molecule has 0 spiro atoms. The van der Waals surface area contributed by atoms with Crippen molar-refractivity contribution in [2.75, 3.05) is 19.4 Å². The van der Waals surface area contributed by atoms with Gasteiger partial charge in [-0.25, -0.2) is 15.2 Å². The van der Waals surface area contributed by atoms with E-state index in [0.29, 0.717) is 62.0 Å². The number of rotatable bonds is 8. The van der Waals surface area contributed by atoms with Crippen LogP contribution in [0.5, 0.6) is 0 Å². The van der Waals surface area contributed by atoms with Crippen molar-refractivity contribution >= 4 is 55.9 Å². The van der Waals surface area contributed by atoms with Crippen molar-refractivity contribution < 1.29 is 29.0 Å².